The topological polar surface area (TPSA) is 37.8 Å². The van der Waals surface area contributed by atoms with Gasteiger partial charge in [-0.15, -0.1) is 0 Å². The van der Waals surface area contributed by atoms with E-state index in [1.807, 2.05) is 6.92 Å². The van der Waals surface area contributed by atoms with Crippen LogP contribution in [0.2, 0.25) is 0 Å². The number of nitrogens with zero attached hydrogens (tertiary/aromatic N) is 1. The molecule has 0 atom stereocenters. The smallest absolute Gasteiger partial charge is 0.269 e. The first-order valence-electron chi connectivity index (χ1n) is 4.97. The van der Waals surface area contributed by atoms with Crippen molar-refractivity contribution in [2.24, 2.45) is 7.05 Å². The van der Waals surface area contributed by atoms with E-state index >= 15 is 0 Å². The van der Waals surface area contributed by atoms with Crippen LogP contribution in [0.1, 0.15) is 37.9 Å². The lowest BCUT2D eigenvalue weighted by Gasteiger charge is -1.97. The van der Waals surface area contributed by atoms with Crippen LogP contribution in [0.5, 0.6) is 0 Å². The van der Waals surface area contributed by atoms with Crippen molar-refractivity contribution in [1.82, 2.24) is 9.78 Å². The Morgan fingerprint density at radius 2 is 2.08 bits per heavy atom. The van der Waals surface area contributed by atoms with E-state index in [0.29, 0.717) is 0 Å². The Balaban J connectivity index is 2.93. The normalized spacial score (nSPS) is 10.7. The van der Waals surface area contributed by atoms with Gasteiger partial charge in [-0.1, -0.05) is 20.3 Å². The molecule has 0 radical (unpaired) electrons. The van der Waals surface area contributed by atoms with Gasteiger partial charge in [-0.2, -0.15) is 0 Å². The average molecular weight is 182 g/mol. The molecule has 3 nitrogen and oxygen atoms in total. The molecular formula is C10H18N2O. The minimum atomic E-state index is 0.133. The van der Waals surface area contributed by atoms with Crippen molar-refractivity contribution in [2.75, 3.05) is 0 Å². The van der Waals surface area contributed by atoms with Gasteiger partial charge in [-0.05, 0) is 19.3 Å². The number of hydrogen-bond acceptors (Lipinski definition) is 1. The summed E-state index contributed by atoms with van der Waals surface area (Å²) in [5.74, 6) is 0. The van der Waals surface area contributed by atoms with Crippen molar-refractivity contribution < 1.29 is 0 Å². The third kappa shape index (κ3) is 2.02. The van der Waals surface area contributed by atoms with Crippen LogP contribution in [0.15, 0.2) is 4.79 Å². The summed E-state index contributed by atoms with van der Waals surface area (Å²) in [6.07, 6.45) is 4.14. The van der Waals surface area contributed by atoms with Crippen LogP contribution in [0, 0.1) is 0 Å². The zero-order chi connectivity index (χ0) is 9.84. The van der Waals surface area contributed by atoms with Gasteiger partial charge in [0.25, 0.3) is 5.56 Å². The molecule has 0 saturated carbocycles. The summed E-state index contributed by atoms with van der Waals surface area (Å²) in [7, 11) is 1.77. The highest BCUT2D eigenvalue weighted by atomic mass is 16.1. The Morgan fingerprint density at radius 1 is 1.38 bits per heavy atom. The van der Waals surface area contributed by atoms with Crippen LogP contribution < -0.4 is 5.56 Å². The number of unbranched alkanes of at least 4 members (excludes halogenated alkanes) is 1. The minimum Gasteiger partial charge on any atom is -0.300 e. The van der Waals surface area contributed by atoms with Gasteiger partial charge in [-0.3, -0.25) is 14.6 Å². The molecule has 1 aromatic heterocycles. The number of nitrogens with one attached hydrogen (secondary N) is 1. The van der Waals surface area contributed by atoms with Crippen LogP contribution in [-0.2, 0) is 19.9 Å². The molecule has 13 heavy (non-hydrogen) atoms. The van der Waals surface area contributed by atoms with Crippen molar-refractivity contribution in [3.63, 3.8) is 0 Å². The predicted octanol–water partition coefficient (Wildman–Crippen LogP) is 1.62. The van der Waals surface area contributed by atoms with Gasteiger partial charge in [0.05, 0.1) is 0 Å². The predicted molar refractivity (Wildman–Crippen MR) is 54.0 cm³/mol. The molecule has 0 bridgehead atoms. The van der Waals surface area contributed by atoms with E-state index in [4.69, 9.17) is 0 Å². The zero-order valence-corrected chi connectivity index (χ0v) is 8.68. The summed E-state index contributed by atoms with van der Waals surface area (Å²) in [6, 6.07) is 0. The molecule has 0 aliphatic heterocycles. The Labute approximate surface area is 78.8 Å². The first-order chi connectivity index (χ1) is 6.20. The fraction of sp³-hybridized carbons (Fsp3) is 0.700. The lowest BCUT2D eigenvalue weighted by molar-refractivity contribution is 0.699. The lowest BCUT2D eigenvalue weighted by Crippen LogP contribution is -2.14. The molecule has 3 heteroatoms. The van der Waals surface area contributed by atoms with Crippen LogP contribution in [-0.4, -0.2) is 9.78 Å². The number of H-pyrrole nitrogens is 1. The molecule has 0 spiro atoms. The highest BCUT2D eigenvalue weighted by Gasteiger charge is 2.08. The monoisotopic (exact) mass is 182 g/mol. The molecule has 0 amide bonds. The van der Waals surface area contributed by atoms with Crippen molar-refractivity contribution in [3.8, 4) is 0 Å². The summed E-state index contributed by atoms with van der Waals surface area (Å²) < 4.78 is 1.57. The fourth-order valence-corrected chi connectivity index (χ4v) is 1.58. The van der Waals surface area contributed by atoms with Gasteiger partial charge in [0.2, 0.25) is 0 Å². The number of aromatic nitrogens is 2. The summed E-state index contributed by atoms with van der Waals surface area (Å²) in [6.45, 7) is 4.19. The van der Waals surface area contributed by atoms with E-state index in [2.05, 4.69) is 12.0 Å². The Morgan fingerprint density at radius 3 is 2.62 bits per heavy atom. The van der Waals surface area contributed by atoms with Gasteiger partial charge in [0.15, 0.2) is 0 Å². The highest BCUT2D eigenvalue weighted by Crippen LogP contribution is 2.06. The van der Waals surface area contributed by atoms with Crippen molar-refractivity contribution >= 4 is 0 Å². The third-order valence-electron chi connectivity index (χ3n) is 2.36. The molecule has 0 aliphatic carbocycles. The molecule has 1 aromatic rings. The second-order valence-corrected chi connectivity index (χ2v) is 3.39. The van der Waals surface area contributed by atoms with E-state index in [9.17, 15) is 4.79 Å². The molecular weight excluding hydrogens is 164 g/mol. The maximum absolute atomic E-state index is 11.5. The summed E-state index contributed by atoms with van der Waals surface area (Å²) in [4.78, 5) is 11.5. The van der Waals surface area contributed by atoms with E-state index in [1.165, 1.54) is 6.42 Å². The van der Waals surface area contributed by atoms with Crippen LogP contribution >= 0.6 is 0 Å². The van der Waals surface area contributed by atoms with E-state index < -0.39 is 0 Å². The molecule has 0 aliphatic rings. The summed E-state index contributed by atoms with van der Waals surface area (Å²) in [5.41, 5.74) is 2.21. The van der Waals surface area contributed by atoms with Gasteiger partial charge in [0, 0.05) is 18.3 Å². The second-order valence-electron chi connectivity index (χ2n) is 3.39. The van der Waals surface area contributed by atoms with Crippen LogP contribution in [0.3, 0.4) is 0 Å². The maximum Gasteiger partial charge on any atom is 0.269 e. The molecule has 74 valence electrons. The summed E-state index contributed by atoms with van der Waals surface area (Å²) in [5, 5.41) is 3.10. The maximum atomic E-state index is 11.5. The highest BCUT2D eigenvalue weighted by molar-refractivity contribution is 5.17. The molecule has 0 fully saturated rings. The molecule has 0 saturated heterocycles. The molecule has 0 aromatic carbocycles. The van der Waals surface area contributed by atoms with Crippen molar-refractivity contribution in [1.29, 1.82) is 0 Å². The SMILES string of the molecule is CCCCc1[nH]n(C)c(=O)c1CC. The van der Waals surface area contributed by atoms with E-state index in [1.54, 1.807) is 11.7 Å². The van der Waals surface area contributed by atoms with E-state index in [-0.39, 0.29) is 5.56 Å². The second kappa shape index (κ2) is 4.30. The van der Waals surface area contributed by atoms with Crippen molar-refractivity contribution in [2.45, 2.75) is 39.5 Å². The zero-order valence-electron chi connectivity index (χ0n) is 8.68. The molecule has 1 N–H and O–H groups in total. The largest absolute Gasteiger partial charge is 0.300 e. The van der Waals surface area contributed by atoms with Gasteiger partial charge < -0.3 is 0 Å². The molecule has 0 unspecified atom stereocenters. The van der Waals surface area contributed by atoms with Crippen molar-refractivity contribution in [3.05, 3.63) is 21.6 Å². The number of aromatic amines is 1. The molecule has 1 rings (SSSR count). The third-order valence-corrected chi connectivity index (χ3v) is 2.36. The fourth-order valence-electron chi connectivity index (χ4n) is 1.58. The standard InChI is InChI=1S/C10H18N2O/c1-4-6-7-9-8(5-2)10(13)12(3)11-9/h11H,4-7H2,1-3H3. The Bertz CT molecular complexity index is 322. The van der Waals surface area contributed by atoms with Gasteiger partial charge >= 0.3 is 0 Å². The number of rotatable bonds is 4. The molecule has 1 heterocycles. The Kier molecular flexibility index (Phi) is 3.34. The summed E-state index contributed by atoms with van der Waals surface area (Å²) >= 11 is 0. The first-order valence-corrected chi connectivity index (χ1v) is 4.97. The van der Waals surface area contributed by atoms with E-state index in [0.717, 1.165) is 30.5 Å². The van der Waals surface area contributed by atoms with Crippen LogP contribution in [0.4, 0.5) is 0 Å². The van der Waals surface area contributed by atoms with Crippen LogP contribution in [0.25, 0.3) is 0 Å². The average Bonchev–Trinajstić information content (AvgIpc) is 2.39. The van der Waals surface area contributed by atoms with Gasteiger partial charge in [-0.25, -0.2) is 0 Å². The Hall–Kier alpha value is -0.990. The first kappa shape index (κ1) is 10.1. The quantitative estimate of drug-likeness (QED) is 0.755. The van der Waals surface area contributed by atoms with Gasteiger partial charge in [0.1, 0.15) is 0 Å². The number of hydrogen-bond donors (Lipinski definition) is 1. The number of aryl methyl sites for hydroxylation is 2. The lowest BCUT2D eigenvalue weighted by atomic mass is 10.1. The minimum absolute atomic E-state index is 0.133.